The third-order valence-electron chi connectivity index (χ3n) is 2.81. The molecule has 2 N–H and O–H groups in total. The highest BCUT2D eigenvalue weighted by atomic mass is 16.2. The number of nitrogens with one attached hydrogen (secondary N) is 2. The van der Waals surface area contributed by atoms with Crippen LogP contribution in [0.3, 0.4) is 0 Å². The van der Waals surface area contributed by atoms with E-state index in [1.165, 1.54) is 0 Å². The van der Waals surface area contributed by atoms with E-state index in [4.69, 9.17) is 0 Å². The molecule has 0 spiro atoms. The molecule has 0 radical (unpaired) electrons. The second-order valence-electron chi connectivity index (χ2n) is 4.06. The SMILES string of the molecule is CCc1ccccc1NC(=O)C1=NNC(=O)CC1. The lowest BCUT2D eigenvalue weighted by Gasteiger charge is -2.13. The van der Waals surface area contributed by atoms with Crippen molar-refractivity contribution < 1.29 is 9.59 Å². The molecule has 1 aromatic carbocycles. The zero-order valence-electron chi connectivity index (χ0n) is 10.2. The first-order valence-corrected chi connectivity index (χ1v) is 5.95. The Hall–Kier alpha value is -2.17. The summed E-state index contributed by atoms with van der Waals surface area (Å²) in [4.78, 5) is 22.9. The van der Waals surface area contributed by atoms with Crippen LogP contribution in [0.2, 0.25) is 0 Å². The van der Waals surface area contributed by atoms with Gasteiger partial charge < -0.3 is 5.32 Å². The summed E-state index contributed by atoms with van der Waals surface area (Å²) in [6.45, 7) is 2.03. The number of benzene rings is 1. The smallest absolute Gasteiger partial charge is 0.271 e. The van der Waals surface area contributed by atoms with Crippen LogP contribution < -0.4 is 10.7 Å². The van der Waals surface area contributed by atoms with Gasteiger partial charge in [-0.2, -0.15) is 5.10 Å². The van der Waals surface area contributed by atoms with Crippen molar-refractivity contribution in [3.05, 3.63) is 29.8 Å². The fourth-order valence-corrected chi connectivity index (χ4v) is 1.78. The van der Waals surface area contributed by atoms with Gasteiger partial charge in [0.15, 0.2) is 0 Å². The van der Waals surface area contributed by atoms with Gasteiger partial charge in [0.1, 0.15) is 5.71 Å². The Labute approximate surface area is 105 Å². The van der Waals surface area contributed by atoms with Crippen molar-refractivity contribution in [3.8, 4) is 0 Å². The molecule has 1 aliphatic heterocycles. The predicted octanol–water partition coefficient (Wildman–Crippen LogP) is 1.45. The zero-order chi connectivity index (χ0) is 13.0. The van der Waals surface area contributed by atoms with Gasteiger partial charge in [-0.15, -0.1) is 0 Å². The summed E-state index contributed by atoms with van der Waals surface area (Å²) in [5, 5.41) is 6.59. The van der Waals surface area contributed by atoms with Gasteiger partial charge in [-0.05, 0) is 18.1 Å². The molecule has 0 saturated heterocycles. The number of rotatable bonds is 3. The summed E-state index contributed by atoms with van der Waals surface area (Å²) in [5.74, 6) is -0.406. The Morgan fingerprint density at radius 2 is 2.17 bits per heavy atom. The average molecular weight is 245 g/mol. The number of carbonyl (C=O) groups excluding carboxylic acids is 2. The van der Waals surface area contributed by atoms with Crippen molar-refractivity contribution in [2.24, 2.45) is 5.10 Å². The van der Waals surface area contributed by atoms with Crippen LogP contribution in [0, 0.1) is 0 Å². The molecule has 94 valence electrons. The molecule has 0 aliphatic carbocycles. The normalized spacial score (nSPS) is 14.7. The fraction of sp³-hybridized carbons (Fsp3) is 0.308. The van der Waals surface area contributed by atoms with E-state index in [2.05, 4.69) is 15.8 Å². The van der Waals surface area contributed by atoms with E-state index < -0.39 is 0 Å². The van der Waals surface area contributed by atoms with E-state index in [1.807, 2.05) is 31.2 Å². The number of hydrogen-bond donors (Lipinski definition) is 2. The molecule has 2 amide bonds. The topological polar surface area (TPSA) is 70.6 Å². The van der Waals surface area contributed by atoms with Crippen LogP contribution in [0.1, 0.15) is 25.3 Å². The van der Waals surface area contributed by atoms with Crippen LogP contribution in [0.25, 0.3) is 0 Å². The second-order valence-corrected chi connectivity index (χ2v) is 4.06. The van der Waals surface area contributed by atoms with Crippen LogP contribution in [0.4, 0.5) is 5.69 Å². The van der Waals surface area contributed by atoms with Crippen LogP contribution in [-0.4, -0.2) is 17.5 Å². The zero-order valence-corrected chi connectivity index (χ0v) is 10.2. The molecule has 0 fully saturated rings. The highest BCUT2D eigenvalue weighted by molar-refractivity contribution is 6.43. The Morgan fingerprint density at radius 3 is 2.83 bits per heavy atom. The van der Waals surface area contributed by atoms with Gasteiger partial charge in [-0.1, -0.05) is 25.1 Å². The summed E-state index contributed by atoms with van der Waals surface area (Å²) in [6.07, 6.45) is 1.54. The van der Waals surface area contributed by atoms with E-state index in [9.17, 15) is 9.59 Å². The monoisotopic (exact) mass is 245 g/mol. The lowest BCUT2D eigenvalue weighted by molar-refractivity contribution is -0.121. The van der Waals surface area contributed by atoms with Crippen LogP contribution in [-0.2, 0) is 16.0 Å². The summed E-state index contributed by atoms with van der Waals surface area (Å²) < 4.78 is 0. The summed E-state index contributed by atoms with van der Waals surface area (Å²) in [7, 11) is 0. The second kappa shape index (κ2) is 5.44. The van der Waals surface area contributed by atoms with E-state index in [0.717, 1.165) is 17.7 Å². The summed E-state index contributed by atoms with van der Waals surface area (Å²) >= 11 is 0. The lowest BCUT2D eigenvalue weighted by atomic mass is 10.1. The first-order valence-electron chi connectivity index (χ1n) is 5.95. The van der Waals surface area contributed by atoms with E-state index in [0.29, 0.717) is 18.6 Å². The molecule has 1 aromatic rings. The van der Waals surface area contributed by atoms with Crippen LogP contribution >= 0.6 is 0 Å². The first kappa shape index (κ1) is 12.3. The van der Waals surface area contributed by atoms with Crippen molar-refractivity contribution >= 4 is 23.2 Å². The van der Waals surface area contributed by atoms with E-state index in [1.54, 1.807) is 0 Å². The molecular formula is C13H15N3O2. The average Bonchev–Trinajstić information content (AvgIpc) is 2.40. The highest BCUT2D eigenvalue weighted by Crippen LogP contribution is 2.15. The number of carbonyl (C=O) groups is 2. The van der Waals surface area contributed by atoms with Gasteiger partial charge in [0.25, 0.3) is 5.91 Å². The minimum atomic E-state index is -0.254. The molecule has 18 heavy (non-hydrogen) atoms. The highest BCUT2D eigenvalue weighted by Gasteiger charge is 2.18. The minimum Gasteiger partial charge on any atom is -0.321 e. The molecule has 2 rings (SSSR count). The van der Waals surface area contributed by atoms with Gasteiger partial charge in [0.05, 0.1) is 0 Å². The number of hydrogen-bond acceptors (Lipinski definition) is 3. The molecular weight excluding hydrogens is 230 g/mol. The molecule has 5 heteroatoms. The maximum atomic E-state index is 11.9. The first-order chi connectivity index (χ1) is 8.70. The van der Waals surface area contributed by atoms with Gasteiger partial charge >= 0.3 is 0 Å². The summed E-state index contributed by atoms with van der Waals surface area (Å²) in [5.41, 5.74) is 4.55. The number of hydrazone groups is 1. The molecule has 1 aliphatic rings. The number of anilines is 1. The standard InChI is InChI=1S/C13H15N3O2/c1-2-9-5-3-4-6-10(9)14-13(18)11-7-8-12(17)16-15-11/h3-6H,2,7-8H2,1H3,(H,14,18)(H,16,17). The maximum absolute atomic E-state index is 11.9. The van der Waals surface area contributed by atoms with Crippen molar-refractivity contribution in [2.45, 2.75) is 26.2 Å². The Balaban J connectivity index is 2.09. The maximum Gasteiger partial charge on any atom is 0.271 e. The van der Waals surface area contributed by atoms with Crippen molar-refractivity contribution in [3.63, 3.8) is 0 Å². The number of nitrogens with zero attached hydrogens (tertiary/aromatic N) is 1. The summed E-state index contributed by atoms with van der Waals surface area (Å²) in [6, 6.07) is 7.64. The predicted molar refractivity (Wildman–Crippen MR) is 69.3 cm³/mol. The van der Waals surface area contributed by atoms with Crippen molar-refractivity contribution in [1.82, 2.24) is 5.43 Å². The van der Waals surface area contributed by atoms with E-state index >= 15 is 0 Å². The number of amides is 2. The molecule has 0 unspecified atom stereocenters. The lowest BCUT2D eigenvalue weighted by Crippen LogP contribution is -2.32. The number of aryl methyl sites for hydroxylation is 1. The third kappa shape index (κ3) is 2.74. The van der Waals surface area contributed by atoms with Gasteiger partial charge in [0.2, 0.25) is 5.91 Å². The van der Waals surface area contributed by atoms with Gasteiger partial charge in [-0.25, -0.2) is 5.43 Å². The molecule has 5 nitrogen and oxygen atoms in total. The molecule has 0 atom stereocenters. The van der Waals surface area contributed by atoms with Crippen molar-refractivity contribution in [2.75, 3.05) is 5.32 Å². The molecule has 0 bridgehead atoms. The molecule has 0 aromatic heterocycles. The number of para-hydroxylation sites is 1. The van der Waals surface area contributed by atoms with Crippen LogP contribution in [0.15, 0.2) is 29.4 Å². The van der Waals surface area contributed by atoms with E-state index in [-0.39, 0.29) is 11.8 Å². The van der Waals surface area contributed by atoms with Crippen molar-refractivity contribution in [1.29, 1.82) is 0 Å². The largest absolute Gasteiger partial charge is 0.321 e. The Morgan fingerprint density at radius 1 is 1.39 bits per heavy atom. The molecule has 0 saturated carbocycles. The Kier molecular flexibility index (Phi) is 3.72. The molecule has 1 heterocycles. The van der Waals surface area contributed by atoms with Crippen LogP contribution in [0.5, 0.6) is 0 Å². The minimum absolute atomic E-state index is 0.152. The quantitative estimate of drug-likeness (QED) is 0.846. The van der Waals surface area contributed by atoms with Gasteiger partial charge in [0, 0.05) is 18.5 Å². The third-order valence-corrected chi connectivity index (χ3v) is 2.81. The van der Waals surface area contributed by atoms with Gasteiger partial charge in [-0.3, -0.25) is 9.59 Å². The fourth-order valence-electron chi connectivity index (χ4n) is 1.78. The Bertz CT molecular complexity index is 509.